The van der Waals surface area contributed by atoms with Gasteiger partial charge in [0.1, 0.15) is 9.92 Å². The zero-order valence-electron chi connectivity index (χ0n) is 8.69. The monoisotopic (exact) mass is 204 g/mol. The van der Waals surface area contributed by atoms with Gasteiger partial charge in [-0.3, -0.25) is 0 Å². The standard InChI is InChI=1S/C9H20N2OS/c1-7(2)4-8-5-9(6-8)11-13(3,10)12/h7-9H,4-6H2,1-3H3,(H2,10,11,12). The van der Waals surface area contributed by atoms with Gasteiger partial charge in [0.25, 0.3) is 0 Å². The van der Waals surface area contributed by atoms with Crippen LogP contribution in [0.3, 0.4) is 0 Å². The highest BCUT2D eigenvalue weighted by molar-refractivity contribution is 7.90. The lowest BCUT2D eigenvalue weighted by Crippen LogP contribution is -2.30. The average molecular weight is 204 g/mol. The highest BCUT2D eigenvalue weighted by Gasteiger charge is 2.29. The minimum absolute atomic E-state index is 0.270. The van der Waals surface area contributed by atoms with E-state index in [1.54, 1.807) is 0 Å². The molecule has 0 amide bonds. The van der Waals surface area contributed by atoms with Crippen LogP contribution in [0.15, 0.2) is 4.36 Å². The maximum absolute atomic E-state index is 11.1. The van der Waals surface area contributed by atoms with E-state index in [-0.39, 0.29) is 6.04 Å². The van der Waals surface area contributed by atoms with Gasteiger partial charge in [-0.25, -0.2) is 13.7 Å². The first-order valence-electron chi connectivity index (χ1n) is 4.86. The van der Waals surface area contributed by atoms with Crippen molar-refractivity contribution >= 4 is 9.92 Å². The van der Waals surface area contributed by atoms with E-state index in [1.807, 2.05) is 0 Å². The van der Waals surface area contributed by atoms with E-state index in [9.17, 15) is 4.21 Å². The summed E-state index contributed by atoms with van der Waals surface area (Å²) in [5.74, 6) is 1.55. The predicted molar refractivity (Wildman–Crippen MR) is 56.6 cm³/mol. The molecule has 0 aromatic carbocycles. The van der Waals surface area contributed by atoms with Crippen molar-refractivity contribution in [2.45, 2.75) is 39.2 Å². The van der Waals surface area contributed by atoms with Gasteiger partial charge in [0.2, 0.25) is 0 Å². The molecule has 0 aromatic heterocycles. The first kappa shape index (κ1) is 11.0. The zero-order valence-corrected chi connectivity index (χ0v) is 9.51. The molecule has 1 rings (SSSR count). The summed E-state index contributed by atoms with van der Waals surface area (Å²) in [4.78, 5) is 0. The minimum atomic E-state index is -2.36. The summed E-state index contributed by atoms with van der Waals surface area (Å²) in [6.07, 6.45) is 4.94. The second kappa shape index (κ2) is 3.96. The van der Waals surface area contributed by atoms with E-state index in [1.165, 1.54) is 12.7 Å². The zero-order chi connectivity index (χ0) is 10.1. The molecule has 78 valence electrons. The molecule has 1 aliphatic carbocycles. The Labute approximate surface area is 81.4 Å². The summed E-state index contributed by atoms with van der Waals surface area (Å²) in [6, 6.07) is 0.270. The smallest absolute Gasteiger partial charge is 0.102 e. The Morgan fingerprint density at radius 1 is 1.54 bits per heavy atom. The molecule has 3 nitrogen and oxygen atoms in total. The molecule has 1 unspecified atom stereocenters. The van der Waals surface area contributed by atoms with Crippen molar-refractivity contribution in [1.82, 2.24) is 0 Å². The quantitative estimate of drug-likeness (QED) is 0.748. The molecule has 2 N–H and O–H groups in total. The van der Waals surface area contributed by atoms with Gasteiger partial charge in [-0.1, -0.05) is 13.8 Å². The maximum Gasteiger partial charge on any atom is 0.102 e. The Hall–Kier alpha value is -0.0900. The second-order valence-corrected chi connectivity index (χ2v) is 6.52. The topological polar surface area (TPSA) is 55.4 Å². The van der Waals surface area contributed by atoms with Crippen LogP contribution in [0.4, 0.5) is 0 Å². The van der Waals surface area contributed by atoms with E-state index >= 15 is 0 Å². The first-order chi connectivity index (χ1) is 5.87. The lowest BCUT2D eigenvalue weighted by atomic mass is 9.76. The lowest BCUT2D eigenvalue weighted by Gasteiger charge is -2.33. The highest BCUT2D eigenvalue weighted by Crippen LogP contribution is 2.35. The normalized spacial score (nSPS) is 32.4. The first-order valence-corrected chi connectivity index (χ1v) is 6.84. The molecule has 0 aromatic rings. The molecule has 1 aliphatic rings. The van der Waals surface area contributed by atoms with Crippen molar-refractivity contribution in [3.63, 3.8) is 0 Å². The van der Waals surface area contributed by atoms with Gasteiger partial charge < -0.3 is 0 Å². The van der Waals surface area contributed by atoms with Crippen molar-refractivity contribution in [3.05, 3.63) is 0 Å². The van der Waals surface area contributed by atoms with Crippen LogP contribution in [0.25, 0.3) is 0 Å². The summed E-state index contributed by atoms with van der Waals surface area (Å²) in [6.45, 7) is 4.47. The average Bonchev–Trinajstić information content (AvgIpc) is 1.78. The molecule has 0 spiro atoms. The van der Waals surface area contributed by atoms with Crippen molar-refractivity contribution in [2.75, 3.05) is 6.26 Å². The van der Waals surface area contributed by atoms with Gasteiger partial charge >= 0.3 is 0 Å². The summed E-state index contributed by atoms with van der Waals surface area (Å²) in [5, 5.41) is 5.35. The van der Waals surface area contributed by atoms with Crippen LogP contribution >= 0.6 is 0 Å². The van der Waals surface area contributed by atoms with Crippen molar-refractivity contribution < 1.29 is 4.21 Å². The Morgan fingerprint density at radius 2 is 2.08 bits per heavy atom. The lowest BCUT2D eigenvalue weighted by molar-refractivity contribution is 0.228. The van der Waals surface area contributed by atoms with Gasteiger partial charge in [0.15, 0.2) is 0 Å². The van der Waals surface area contributed by atoms with Crippen LogP contribution in [0, 0.1) is 11.8 Å². The SMILES string of the molecule is CC(C)CC1CC(N=S(C)(N)=O)C1. The molecule has 0 radical (unpaired) electrons. The van der Waals surface area contributed by atoms with Crippen molar-refractivity contribution in [1.29, 1.82) is 0 Å². The second-order valence-electron chi connectivity index (χ2n) is 4.59. The third-order valence-electron chi connectivity index (χ3n) is 2.37. The molecular formula is C9H20N2OS. The predicted octanol–water partition coefficient (Wildman–Crippen LogP) is 1.78. The molecular weight excluding hydrogens is 184 g/mol. The minimum Gasteiger partial charge on any atom is -0.245 e. The van der Waals surface area contributed by atoms with E-state index in [4.69, 9.17) is 5.14 Å². The van der Waals surface area contributed by atoms with Crippen LogP contribution in [-0.4, -0.2) is 16.5 Å². The third kappa shape index (κ3) is 4.09. The van der Waals surface area contributed by atoms with E-state index in [2.05, 4.69) is 18.2 Å². The summed E-state index contributed by atoms with van der Waals surface area (Å²) in [7, 11) is -2.36. The molecule has 4 heteroatoms. The van der Waals surface area contributed by atoms with Gasteiger partial charge in [0, 0.05) is 6.26 Å². The molecule has 0 saturated heterocycles. The highest BCUT2D eigenvalue weighted by atomic mass is 32.2. The van der Waals surface area contributed by atoms with Crippen molar-refractivity contribution in [3.8, 4) is 0 Å². The summed E-state index contributed by atoms with van der Waals surface area (Å²) < 4.78 is 15.2. The van der Waals surface area contributed by atoms with E-state index in [0.29, 0.717) is 0 Å². The molecule has 1 saturated carbocycles. The van der Waals surface area contributed by atoms with Crippen LogP contribution in [0.1, 0.15) is 33.1 Å². The number of nitrogens with zero attached hydrogens (tertiary/aromatic N) is 1. The fourth-order valence-corrected chi connectivity index (χ4v) is 2.71. The fraction of sp³-hybridized carbons (Fsp3) is 1.00. The van der Waals surface area contributed by atoms with Gasteiger partial charge in [0.05, 0.1) is 6.04 Å². The van der Waals surface area contributed by atoms with Crippen LogP contribution in [-0.2, 0) is 9.92 Å². The largest absolute Gasteiger partial charge is 0.245 e. The third-order valence-corrected chi connectivity index (χ3v) is 3.09. The Bertz CT molecular complexity index is 265. The molecule has 1 fully saturated rings. The molecule has 0 heterocycles. The Balaban J connectivity index is 2.31. The van der Waals surface area contributed by atoms with Crippen LogP contribution < -0.4 is 5.14 Å². The summed E-state index contributed by atoms with van der Waals surface area (Å²) >= 11 is 0. The fourth-order valence-electron chi connectivity index (χ4n) is 1.94. The Kier molecular flexibility index (Phi) is 3.35. The van der Waals surface area contributed by atoms with Gasteiger partial charge in [-0.2, -0.15) is 0 Å². The molecule has 13 heavy (non-hydrogen) atoms. The molecule has 1 atom stereocenters. The van der Waals surface area contributed by atoms with Crippen LogP contribution in [0.5, 0.6) is 0 Å². The molecule has 0 bridgehead atoms. The summed E-state index contributed by atoms with van der Waals surface area (Å²) in [5.41, 5.74) is 0. The van der Waals surface area contributed by atoms with E-state index in [0.717, 1.165) is 24.7 Å². The number of hydrogen-bond donors (Lipinski definition) is 1. The van der Waals surface area contributed by atoms with Crippen LogP contribution in [0.2, 0.25) is 0 Å². The number of nitrogens with two attached hydrogens (primary N) is 1. The van der Waals surface area contributed by atoms with Gasteiger partial charge in [-0.15, -0.1) is 0 Å². The Morgan fingerprint density at radius 3 is 2.46 bits per heavy atom. The van der Waals surface area contributed by atoms with E-state index < -0.39 is 9.92 Å². The molecule has 0 aliphatic heterocycles. The maximum atomic E-state index is 11.1. The van der Waals surface area contributed by atoms with Crippen molar-refractivity contribution in [2.24, 2.45) is 21.3 Å². The van der Waals surface area contributed by atoms with Gasteiger partial charge in [-0.05, 0) is 31.1 Å². The number of hydrogen-bond acceptors (Lipinski definition) is 2. The number of rotatable bonds is 3.